The van der Waals surface area contributed by atoms with Gasteiger partial charge in [0.1, 0.15) is 0 Å². The zero-order valence-corrected chi connectivity index (χ0v) is 35.7. The smallest absolute Gasteiger partial charge is 0.0546 e. The number of hydrogen-bond donors (Lipinski definition) is 0. The molecule has 3 nitrogen and oxygen atoms in total. The molecule has 0 saturated heterocycles. The summed E-state index contributed by atoms with van der Waals surface area (Å²) in [4.78, 5) is 7.15. The lowest BCUT2D eigenvalue weighted by Crippen LogP contribution is -2.16. The Morgan fingerprint density at radius 2 is 0.754 bits per heavy atom. The fraction of sp³-hybridized carbons (Fsp3) is 0. The Morgan fingerprint density at radius 1 is 0.277 bits per heavy atom. The summed E-state index contributed by atoms with van der Waals surface area (Å²) in [5.41, 5.74) is 17.3. The fourth-order valence-electron chi connectivity index (χ4n) is 9.69. The number of fused-ring (bicyclic) bond motifs is 3. The van der Waals surface area contributed by atoms with E-state index < -0.39 is 0 Å². The lowest BCUT2D eigenvalue weighted by atomic mass is 9.90. The quantitative estimate of drug-likeness (QED) is 0.143. The number of anilines is 9. The van der Waals surface area contributed by atoms with Gasteiger partial charge in [0.2, 0.25) is 0 Å². The molecular formula is C62H43N3. The van der Waals surface area contributed by atoms with Gasteiger partial charge < -0.3 is 14.7 Å². The molecule has 1 aliphatic heterocycles. The number of nitrogens with zero attached hydrogens (tertiary/aromatic N) is 3. The topological polar surface area (TPSA) is 9.72 Å². The van der Waals surface area contributed by atoms with E-state index in [2.05, 4.69) is 276 Å². The van der Waals surface area contributed by atoms with Gasteiger partial charge in [-0.05, 0) is 130 Å². The van der Waals surface area contributed by atoms with Gasteiger partial charge in [0.05, 0.1) is 17.1 Å². The van der Waals surface area contributed by atoms with E-state index in [-0.39, 0.29) is 0 Å². The Bertz CT molecular complexity index is 3450. The predicted octanol–water partition coefficient (Wildman–Crippen LogP) is 17.7. The average Bonchev–Trinajstić information content (AvgIpc) is 3.38. The summed E-state index contributed by atoms with van der Waals surface area (Å²) < 4.78 is 0. The average molecular weight is 830 g/mol. The van der Waals surface area contributed by atoms with Crippen molar-refractivity contribution >= 4 is 72.7 Å². The van der Waals surface area contributed by atoms with Crippen LogP contribution in [0.15, 0.2) is 261 Å². The van der Waals surface area contributed by atoms with Crippen LogP contribution in [-0.2, 0) is 0 Å². The first-order chi connectivity index (χ1) is 32.2. The maximum Gasteiger partial charge on any atom is 0.0546 e. The van der Waals surface area contributed by atoms with E-state index in [0.717, 1.165) is 56.6 Å². The van der Waals surface area contributed by atoms with E-state index in [1.807, 2.05) is 0 Å². The lowest BCUT2D eigenvalue weighted by Gasteiger charge is -2.35. The van der Waals surface area contributed by atoms with Gasteiger partial charge >= 0.3 is 0 Å². The van der Waals surface area contributed by atoms with Gasteiger partial charge in [-0.3, -0.25) is 0 Å². The first-order valence-corrected chi connectivity index (χ1v) is 22.3. The van der Waals surface area contributed by atoms with Crippen molar-refractivity contribution in [1.82, 2.24) is 0 Å². The van der Waals surface area contributed by atoms with Crippen molar-refractivity contribution in [3.05, 3.63) is 261 Å². The summed E-state index contributed by atoms with van der Waals surface area (Å²) in [6, 6.07) is 94.3. The van der Waals surface area contributed by atoms with Crippen molar-refractivity contribution in [3.8, 4) is 33.4 Å². The summed E-state index contributed by atoms with van der Waals surface area (Å²) >= 11 is 0. The first-order valence-electron chi connectivity index (χ1n) is 22.3. The molecule has 11 aromatic rings. The van der Waals surface area contributed by atoms with E-state index in [0.29, 0.717) is 0 Å². The van der Waals surface area contributed by atoms with Crippen molar-refractivity contribution in [3.63, 3.8) is 0 Å². The molecule has 0 fully saturated rings. The molecule has 0 bridgehead atoms. The van der Waals surface area contributed by atoms with E-state index in [1.165, 1.54) is 49.5 Å². The highest BCUT2D eigenvalue weighted by molar-refractivity contribution is 6.14. The normalized spacial score (nSPS) is 11.7. The summed E-state index contributed by atoms with van der Waals surface area (Å²) in [7, 11) is 0. The molecule has 1 aliphatic rings. The Hall–Kier alpha value is -8.66. The second-order valence-electron chi connectivity index (χ2n) is 16.6. The van der Waals surface area contributed by atoms with Gasteiger partial charge in [0, 0.05) is 50.5 Å². The van der Waals surface area contributed by atoms with Crippen molar-refractivity contribution < 1.29 is 0 Å². The number of para-hydroxylation sites is 2. The number of hydrogen-bond acceptors (Lipinski definition) is 3. The monoisotopic (exact) mass is 829 g/mol. The molecule has 306 valence electrons. The number of rotatable bonds is 9. The second kappa shape index (κ2) is 16.2. The molecule has 0 spiro atoms. The first kappa shape index (κ1) is 38.0. The minimum absolute atomic E-state index is 1.08. The van der Waals surface area contributed by atoms with E-state index in [1.54, 1.807) is 0 Å². The van der Waals surface area contributed by atoms with Crippen LogP contribution in [0.4, 0.5) is 51.2 Å². The van der Waals surface area contributed by atoms with Crippen LogP contribution in [-0.4, -0.2) is 0 Å². The van der Waals surface area contributed by atoms with Crippen LogP contribution in [0.2, 0.25) is 0 Å². The van der Waals surface area contributed by atoms with Gasteiger partial charge in [-0.2, -0.15) is 0 Å². The van der Waals surface area contributed by atoms with Crippen LogP contribution in [0.3, 0.4) is 0 Å². The SMILES string of the molecule is c1ccc(-c2ccc(N(c3ccc(-c4ccc(N(c5ccccc5)c5cccc6ccccc56)cc4)cc3)c3ccc4c(c3)-c3cccc5cccc(c35)N4c3ccccc3)cc2)cc1. The van der Waals surface area contributed by atoms with Gasteiger partial charge in [-0.15, -0.1) is 0 Å². The summed E-state index contributed by atoms with van der Waals surface area (Å²) in [6.07, 6.45) is 0. The van der Waals surface area contributed by atoms with Crippen LogP contribution < -0.4 is 14.7 Å². The predicted molar refractivity (Wildman–Crippen MR) is 275 cm³/mol. The standard InChI is InChI=1S/C62H43N3/c1-4-15-44(16-5-1)45-29-35-52(36-30-45)63(55-41-42-60-58(43-55)57-26-12-19-49-20-14-28-61(62(49)57)65(60)51-23-8-3-9-24-51)53-37-31-46(32-38-53)47-33-39-54(40-34-47)64(50-21-6-2-7-22-50)59-27-13-18-48-17-10-11-25-56(48)59/h1-43H. The maximum absolute atomic E-state index is 2.41. The zero-order valence-electron chi connectivity index (χ0n) is 35.7. The third-order valence-electron chi connectivity index (χ3n) is 12.7. The van der Waals surface area contributed by atoms with Crippen molar-refractivity contribution in [2.45, 2.75) is 0 Å². The van der Waals surface area contributed by atoms with Gasteiger partial charge in [-0.1, -0.05) is 170 Å². The lowest BCUT2D eigenvalue weighted by molar-refractivity contribution is 1.25. The minimum Gasteiger partial charge on any atom is -0.310 e. The molecular weight excluding hydrogens is 787 g/mol. The Kier molecular flexibility index (Phi) is 9.50. The van der Waals surface area contributed by atoms with Crippen molar-refractivity contribution in [2.75, 3.05) is 14.7 Å². The van der Waals surface area contributed by atoms with Crippen molar-refractivity contribution in [1.29, 1.82) is 0 Å². The Morgan fingerprint density at radius 3 is 1.42 bits per heavy atom. The van der Waals surface area contributed by atoms with Gasteiger partial charge in [-0.25, -0.2) is 0 Å². The summed E-state index contributed by atoms with van der Waals surface area (Å²) in [5, 5.41) is 4.93. The molecule has 0 saturated carbocycles. The molecule has 11 aromatic carbocycles. The Balaban J connectivity index is 0.943. The maximum atomic E-state index is 2.41. The van der Waals surface area contributed by atoms with E-state index >= 15 is 0 Å². The third-order valence-corrected chi connectivity index (χ3v) is 12.7. The largest absolute Gasteiger partial charge is 0.310 e. The molecule has 0 radical (unpaired) electrons. The number of benzene rings is 11. The molecule has 1 heterocycles. The van der Waals surface area contributed by atoms with Gasteiger partial charge in [0.15, 0.2) is 0 Å². The third kappa shape index (κ3) is 6.87. The molecule has 0 amide bonds. The molecule has 65 heavy (non-hydrogen) atoms. The zero-order chi connectivity index (χ0) is 43.1. The van der Waals surface area contributed by atoms with Gasteiger partial charge in [0.25, 0.3) is 0 Å². The highest BCUT2D eigenvalue weighted by atomic mass is 15.2. The van der Waals surface area contributed by atoms with E-state index in [9.17, 15) is 0 Å². The molecule has 0 atom stereocenters. The highest BCUT2D eigenvalue weighted by Crippen LogP contribution is 2.52. The van der Waals surface area contributed by atoms with Crippen LogP contribution in [0.5, 0.6) is 0 Å². The minimum atomic E-state index is 1.08. The van der Waals surface area contributed by atoms with Crippen LogP contribution >= 0.6 is 0 Å². The molecule has 0 aromatic heterocycles. The highest BCUT2D eigenvalue weighted by Gasteiger charge is 2.27. The van der Waals surface area contributed by atoms with Crippen molar-refractivity contribution in [2.24, 2.45) is 0 Å². The second-order valence-corrected chi connectivity index (χ2v) is 16.6. The Labute approximate surface area is 380 Å². The summed E-state index contributed by atoms with van der Waals surface area (Å²) in [5.74, 6) is 0. The fourth-order valence-corrected chi connectivity index (χ4v) is 9.69. The van der Waals surface area contributed by atoms with Crippen LogP contribution in [0, 0.1) is 0 Å². The van der Waals surface area contributed by atoms with E-state index in [4.69, 9.17) is 0 Å². The molecule has 3 heteroatoms. The summed E-state index contributed by atoms with van der Waals surface area (Å²) in [6.45, 7) is 0. The molecule has 12 rings (SSSR count). The van der Waals surface area contributed by atoms with Crippen LogP contribution in [0.25, 0.3) is 54.9 Å². The molecule has 0 N–H and O–H groups in total. The van der Waals surface area contributed by atoms with Crippen LogP contribution in [0.1, 0.15) is 0 Å². The molecule has 0 aliphatic carbocycles. The molecule has 0 unspecified atom stereocenters.